The Morgan fingerprint density at radius 2 is 1.78 bits per heavy atom. The van der Waals surface area contributed by atoms with Crippen molar-refractivity contribution >= 4 is 16.9 Å². The van der Waals surface area contributed by atoms with Crippen LogP contribution in [0.25, 0.3) is 22.2 Å². The highest BCUT2D eigenvalue weighted by Gasteiger charge is 2.40. The molecule has 5 nitrogen and oxygen atoms in total. The van der Waals surface area contributed by atoms with E-state index in [0.29, 0.717) is 0 Å². The molecule has 0 aliphatic heterocycles. The maximum absolute atomic E-state index is 14.4. The van der Waals surface area contributed by atoms with Crippen molar-refractivity contribution in [2.75, 3.05) is 7.11 Å². The maximum atomic E-state index is 14.4. The highest BCUT2D eigenvalue weighted by molar-refractivity contribution is 6.06. The van der Waals surface area contributed by atoms with Crippen LogP contribution in [0.2, 0.25) is 0 Å². The fourth-order valence-electron chi connectivity index (χ4n) is 2.90. The number of halogens is 4. The number of aryl methyl sites for hydroxylation is 1. The lowest BCUT2D eigenvalue weighted by Crippen LogP contribution is -2.15. The Morgan fingerprint density at radius 1 is 1.15 bits per heavy atom. The molecule has 27 heavy (non-hydrogen) atoms. The Kier molecular flexibility index (Phi) is 4.46. The first-order valence-electron chi connectivity index (χ1n) is 7.60. The van der Waals surface area contributed by atoms with Crippen molar-refractivity contribution in [3.05, 3.63) is 53.1 Å². The molecule has 0 aliphatic rings. The second kappa shape index (κ2) is 6.49. The van der Waals surface area contributed by atoms with Crippen molar-refractivity contribution < 1.29 is 32.2 Å². The van der Waals surface area contributed by atoms with Gasteiger partial charge in [-0.2, -0.15) is 17.6 Å². The van der Waals surface area contributed by atoms with Gasteiger partial charge in [0.15, 0.2) is 0 Å². The van der Waals surface area contributed by atoms with E-state index in [1.54, 1.807) is 18.2 Å². The zero-order valence-electron chi connectivity index (χ0n) is 14.1. The molecule has 0 radical (unpaired) electrons. The molecule has 2 aromatic heterocycles. The van der Waals surface area contributed by atoms with Gasteiger partial charge in [0, 0.05) is 5.56 Å². The molecule has 1 N–H and O–H groups in total. The van der Waals surface area contributed by atoms with Gasteiger partial charge in [-0.1, -0.05) is 30.3 Å². The van der Waals surface area contributed by atoms with Gasteiger partial charge < -0.3 is 9.84 Å². The molecule has 0 saturated heterocycles. The van der Waals surface area contributed by atoms with Gasteiger partial charge in [-0.3, -0.25) is 4.98 Å². The van der Waals surface area contributed by atoms with E-state index in [-0.39, 0.29) is 28.1 Å². The Bertz CT molecular complexity index is 1050. The quantitative estimate of drug-likeness (QED) is 0.536. The van der Waals surface area contributed by atoms with E-state index in [4.69, 9.17) is 4.74 Å². The molecule has 0 fully saturated rings. The fourth-order valence-corrected chi connectivity index (χ4v) is 2.90. The van der Waals surface area contributed by atoms with Crippen LogP contribution in [-0.2, 0) is 6.18 Å². The second-order valence-electron chi connectivity index (χ2n) is 5.62. The summed E-state index contributed by atoms with van der Waals surface area (Å²) in [7, 11) is 1.12. The van der Waals surface area contributed by atoms with Crippen LogP contribution >= 0.6 is 0 Å². The maximum Gasteiger partial charge on any atom is 0.422 e. The number of nitrogens with zero attached hydrogens (tertiary/aromatic N) is 2. The number of hydrogen-bond donors (Lipinski definition) is 1. The van der Waals surface area contributed by atoms with E-state index >= 15 is 0 Å². The molecule has 1 aromatic carbocycles. The summed E-state index contributed by atoms with van der Waals surface area (Å²) in [5.41, 5.74) is -2.98. The minimum Gasteiger partial charge on any atom is -0.495 e. The van der Waals surface area contributed by atoms with Gasteiger partial charge in [-0.05, 0) is 6.92 Å². The molecule has 0 spiro atoms. The normalized spacial score (nSPS) is 11.6. The lowest BCUT2D eigenvalue weighted by molar-refractivity contribution is -0.139. The first-order chi connectivity index (χ1) is 12.7. The van der Waals surface area contributed by atoms with Crippen LogP contribution in [0.4, 0.5) is 17.6 Å². The first-order valence-corrected chi connectivity index (χ1v) is 7.60. The molecule has 0 unspecified atom stereocenters. The molecule has 0 aliphatic carbocycles. The summed E-state index contributed by atoms with van der Waals surface area (Å²) in [4.78, 5) is 18.8. The molecule has 0 amide bonds. The lowest BCUT2D eigenvalue weighted by atomic mass is 9.99. The minimum absolute atomic E-state index is 0.192. The van der Waals surface area contributed by atoms with Gasteiger partial charge in [-0.25, -0.2) is 9.78 Å². The standard InChI is InChI=1S/C18H12F4N2O3/c1-8-10(17(25)26)15(27-2)11-13(9-6-4-3-5-7-9)24-16(19)12(14(11)23-8)18(20,21)22/h3-7H,1-2H3,(H,25,26). The number of pyridine rings is 2. The highest BCUT2D eigenvalue weighted by atomic mass is 19.4. The average Bonchev–Trinajstić information content (AvgIpc) is 2.58. The van der Waals surface area contributed by atoms with Gasteiger partial charge in [0.05, 0.1) is 29.4 Å². The smallest absolute Gasteiger partial charge is 0.422 e. The summed E-state index contributed by atoms with van der Waals surface area (Å²) in [5.74, 6) is -3.54. The number of benzene rings is 1. The van der Waals surface area contributed by atoms with E-state index in [1.165, 1.54) is 19.1 Å². The van der Waals surface area contributed by atoms with Gasteiger partial charge in [0.25, 0.3) is 0 Å². The third kappa shape index (κ3) is 3.05. The van der Waals surface area contributed by atoms with Crippen LogP contribution in [0.1, 0.15) is 21.6 Å². The Hall–Kier alpha value is -3.23. The number of carboxylic acid groups (broad SMARTS) is 1. The largest absolute Gasteiger partial charge is 0.495 e. The second-order valence-corrected chi connectivity index (χ2v) is 5.62. The van der Waals surface area contributed by atoms with Gasteiger partial charge >= 0.3 is 12.1 Å². The summed E-state index contributed by atoms with van der Waals surface area (Å²) < 4.78 is 59.9. The number of ether oxygens (including phenoxy) is 1. The molecule has 3 aromatic rings. The number of aromatic nitrogens is 2. The van der Waals surface area contributed by atoms with Crippen molar-refractivity contribution in [2.45, 2.75) is 13.1 Å². The molecule has 3 rings (SSSR count). The predicted octanol–water partition coefficient (Wildman–Crippen LogP) is 4.47. The van der Waals surface area contributed by atoms with Crippen LogP contribution in [0.15, 0.2) is 30.3 Å². The van der Waals surface area contributed by atoms with Crippen LogP contribution in [0, 0.1) is 12.9 Å². The number of aromatic carboxylic acids is 1. The van der Waals surface area contributed by atoms with Crippen LogP contribution in [-0.4, -0.2) is 28.2 Å². The van der Waals surface area contributed by atoms with Crippen LogP contribution < -0.4 is 4.74 Å². The van der Waals surface area contributed by atoms with E-state index in [2.05, 4.69) is 9.97 Å². The van der Waals surface area contributed by atoms with E-state index in [9.17, 15) is 27.5 Å². The van der Waals surface area contributed by atoms with E-state index in [1.807, 2.05) is 0 Å². The van der Waals surface area contributed by atoms with Crippen molar-refractivity contribution in [1.29, 1.82) is 0 Å². The Balaban J connectivity index is 2.61. The molecule has 9 heteroatoms. The number of rotatable bonds is 3. The first kappa shape index (κ1) is 18.6. The molecule has 0 bridgehead atoms. The third-order valence-corrected chi connectivity index (χ3v) is 3.97. The van der Waals surface area contributed by atoms with Crippen molar-refractivity contribution in [1.82, 2.24) is 9.97 Å². The summed E-state index contributed by atoms with van der Waals surface area (Å²) in [6, 6.07) is 7.85. The van der Waals surface area contributed by atoms with Crippen molar-refractivity contribution in [2.24, 2.45) is 0 Å². The number of hydrogen-bond acceptors (Lipinski definition) is 4. The van der Waals surface area contributed by atoms with Gasteiger partial charge in [-0.15, -0.1) is 0 Å². The Labute approximate surface area is 150 Å². The van der Waals surface area contributed by atoms with Crippen LogP contribution in [0.3, 0.4) is 0 Å². The van der Waals surface area contributed by atoms with E-state index < -0.39 is 34.7 Å². The third-order valence-electron chi connectivity index (χ3n) is 3.97. The van der Waals surface area contributed by atoms with Crippen molar-refractivity contribution in [3.8, 4) is 17.0 Å². The lowest BCUT2D eigenvalue weighted by Gasteiger charge is -2.18. The molecule has 0 saturated carbocycles. The summed E-state index contributed by atoms with van der Waals surface area (Å²) >= 11 is 0. The zero-order valence-corrected chi connectivity index (χ0v) is 14.1. The van der Waals surface area contributed by atoms with Crippen molar-refractivity contribution in [3.63, 3.8) is 0 Å². The number of alkyl halides is 3. The van der Waals surface area contributed by atoms with Gasteiger partial charge in [0.1, 0.15) is 16.9 Å². The topological polar surface area (TPSA) is 72.3 Å². The summed E-state index contributed by atoms with van der Waals surface area (Å²) in [5, 5.41) is 9.13. The average molecular weight is 380 g/mol. The predicted molar refractivity (Wildman–Crippen MR) is 88.2 cm³/mol. The number of methoxy groups -OCH3 is 1. The zero-order chi connectivity index (χ0) is 19.9. The molecule has 0 atom stereocenters. The molecule has 2 heterocycles. The van der Waals surface area contributed by atoms with Gasteiger partial charge in [0.2, 0.25) is 5.95 Å². The van der Waals surface area contributed by atoms with E-state index in [0.717, 1.165) is 7.11 Å². The summed E-state index contributed by atoms with van der Waals surface area (Å²) in [6.45, 7) is 1.21. The molecular weight excluding hydrogens is 368 g/mol. The van der Waals surface area contributed by atoms with Crippen LogP contribution in [0.5, 0.6) is 5.75 Å². The monoisotopic (exact) mass is 380 g/mol. The number of carboxylic acids is 1. The SMILES string of the molecule is COc1c(C(=O)O)c(C)nc2c(C(F)(F)F)c(F)nc(-c3ccccc3)c12. The number of fused-ring (bicyclic) bond motifs is 1. The minimum atomic E-state index is -5.08. The Morgan fingerprint density at radius 3 is 2.30 bits per heavy atom. The molecule has 140 valence electrons. The number of carbonyl (C=O) groups is 1. The molecular formula is C18H12F4N2O3. The fraction of sp³-hybridized carbons (Fsp3) is 0.167. The summed E-state index contributed by atoms with van der Waals surface area (Å²) in [6.07, 6.45) is -5.08. The highest BCUT2D eigenvalue weighted by Crippen LogP contribution is 2.43.